The van der Waals surface area contributed by atoms with Gasteiger partial charge in [0.1, 0.15) is 5.54 Å². The first-order valence-electron chi connectivity index (χ1n) is 5.65. The van der Waals surface area contributed by atoms with E-state index in [4.69, 9.17) is 5.26 Å². The minimum Gasteiger partial charge on any atom is -0.480 e. The van der Waals surface area contributed by atoms with Crippen LogP contribution in [0.5, 0.6) is 0 Å². The molecule has 0 saturated heterocycles. The number of carbonyl (C=O) groups excluding carboxylic acids is 1. The molecule has 2 N–H and O–H groups in total. The summed E-state index contributed by atoms with van der Waals surface area (Å²) in [7, 11) is 1.55. The fourth-order valence-corrected chi connectivity index (χ4v) is 1.99. The molecule has 0 aromatic heterocycles. The number of nitrogens with zero attached hydrogens (tertiary/aromatic N) is 2. The van der Waals surface area contributed by atoms with Crippen LogP contribution in [0.4, 0.5) is 4.79 Å². The van der Waals surface area contributed by atoms with E-state index >= 15 is 0 Å². The number of carboxylic acids is 1. The van der Waals surface area contributed by atoms with Gasteiger partial charge in [0, 0.05) is 13.6 Å². The first-order valence-corrected chi connectivity index (χ1v) is 5.65. The summed E-state index contributed by atoms with van der Waals surface area (Å²) in [5.74, 6) is -0.975. The van der Waals surface area contributed by atoms with E-state index in [1.54, 1.807) is 7.05 Å². The third kappa shape index (κ3) is 3.09. The molecule has 0 atom stereocenters. The van der Waals surface area contributed by atoms with Crippen molar-refractivity contribution in [3.05, 3.63) is 0 Å². The highest BCUT2D eigenvalue weighted by Gasteiger charge is 2.43. The zero-order valence-corrected chi connectivity index (χ0v) is 9.90. The Morgan fingerprint density at radius 2 is 2.06 bits per heavy atom. The van der Waals surface area contributed by atoms with Gasteiger partial charge in [-0.2, -0.15) is 5.26 Å². The number of hydrogen-bond acceptors (Lipinski definition) is 3. The van der Waals surface area contributed by atoms with Gasteiger partial charge in [-0.1, -0.05) is 12.8 Å². The predicted molar refractivity (Wildman–Crippen MR) is 60.2 cm³/mol. The van der Waals surface area contributed by atoms with Crippen molar-refractivity contribution in [1.29, 1.82) is 5.26 Å². The van der Waals surface area contributed by atoms with Gasteiger partial charge in [-0.3, -0.25) is 0 Å². The van der Waals surface area contributed by atoms with E-state index in [1.165, 1.54) is 4.90 Å². The van der Waals surface area contributed by atoms with Crippen LogP contribution in [0.25, 0.3) is 0 Å². The zero-order chi connectivity index (χ0) is 12.9. The smallest absolute Gasteiger partial charge is 0.329 e. The summed E-state index contributed by atoms with van der Waals surface area (Å²) in [6.07, 6.45) is 2.81. The molecule has 94 valence electrons. The van der Waals surface area contributed by atoms with Gasteiger partial charge >= 0.3 is 12.0 Å². The molecular formula is C11H17N3O3. The fourth-order valence-electron chi connectivity index (χ4n) is 1.99. The quantitative estimate of drug-likeness (QED) is 0.763. The first-order chi connectivity index (χ1) is 8.02. The average Bonchev–Trinajstić information content (AvgIpc) is 2.75. The lowest BCUT2D eigenvalue weighted by Crippen LogP contribution is -2.55. The van der Waals surface area contributed by atoms with E-state index in [2.05, 4.69) is 5.32 Å². The van der Waals surface area contributed by atoms with E-state index < -0.39 is 17.5 Å². The summed E-state index contributed by atoms with van der Waals surface area (Å²) < 4.78 is 0. The summed E-state index contributed by atoms with van der Waals surface area (Å²) in [6, 6.07) is 1.52. The summed E-state index contributed by atoms with van der Waals surface area (Å²) in [6.45, 7) is 0.304. The van der Waals surface area contributed by atoms with Crippen LogP contribution in [-0.2, 0) is 4.79 Å². The molecule has 1 saturated carbocycles. The number of hydrogen-bond donors (Lipinski definition) is 2. The average molecular weight is 239 g/mol. The lowest BCUT2D eigenvalue weighted by Gasteiger charge is -2.28. The van der Waals surface area contributed by atoms with Crippen LogP contribution in [0, 0.1) is 11.3 Å². The van der Waals surface area contributed by atoms with Gasteiger partial charge in [0.2, 0.25) is 0 Å². The Kier molecular flexibility index (Phi) is 4.32. The monoisotopic (exact) mass is 239 g/mol. The maximum absolute atomic E-state index is 11.8. The number of nitrogens with one attached hydrogen (secondary N) is 1. The molecule has 0 bridgehead atoms. The largest absolute Gasteiger partial charge is 0.480 e. The van der Waals surface area contributed by atoms with Crippen LogP contribution < -0.4 is 5.32 Å². The maximum Gasteiger partial charge on any atom is 0.329 e. The van der Waals surface area contributed by atoms with Crippen molar-refractivity contribution in [2.24, 2.45) is 0 Å². The molecule has 6 nitrogen and oxygen atoms in total. The Hall–Kier alpha value is -1.77. The number of rotatable bonds is 4. The molecule has 2 amide bonds. The van der Waals surface area contributed by atoms with E-state index in [0.717, 1.165) is 12.8 Å². The van der Waals surface area contributed by atoms with Gasteiger partial charge in [-0.25, -0.2) is 9.59 Å². The summed E-state index contributed by atoms with van der Waals surface area (Å²) >= 11 is 0. The molecule has 1 rings (SSSR count). The summed E-state index contributed by atoms with van der Waals surface area (Å²) in [5, 5.41) is 20.2. The summed E-state index contributed by atoms with van der Waals surface area (Å²) in [5.41, 5.74) is -1.11. The minimum absolute atomic E-state index is 0.240. The number of carbonyl (C=O) groups is 2. The standard InChI is InChI=1S/C11H17N3O3/c1-14(8-4-7-12)10(17)13-11(9(15)16)5-2-3-6-11/h2-6,8H2,1H3,(H,13,17)(H,15,16). The zero-order valence-electron chi connectivity index (χ0n) is 9.90. The Labute approximate surface area is 100 Å². The predicted octanol–water partition coefficient (Wildman–Crippen LogP) is 0.939. The Morgan fingerprint density at radius 3 is 2.53 bits per heavy atom. The Morgan fingerprint density at radius 1 is 1.47 bits per heavy atom. The minimum atomic E-state index is -1.11. The van der Waals surface area contributed by atoms with Crippen LogP contribution in [0.3, 0.4) is 0 Å². The first kappa shape index (κ1) is 13.3. The SMILES string of the molecule is CN(CCC#N)C(=O)NC1(C(=O)O)CCCC1. The molecule has 0 aromatic rings. The van der Waals surface area contributed by atoms with Crippen molar-refractivity contribution in [1.82, 2.24) is 10.2 Å². The molecule has 1 aliphatic carbocycles. The lowest BCUT2D eigenvalue weighted by atomic mass is 9.98. The van der Waals surface area contributed by atoms with E-state index in [0.29, 0.717) is 19.4 Å². The third-order valence-corrected chi connectivity index (χ3v) is 3.12. The third-order valence-electron chi connectivity index (χ3n) is 3.12. The summed E-state index contributed by atoms with van der Waals surface area (Å²) in [4.78, 5) is 24.3. The number of urea groups is 1. The Balaban J connectivity index is 2.59. The van der Waals surface area contributed by atoms with Crippen molar-refractivity contribution in [2.45, 2.75) is 37.6 Å². The molecule has 0 radical (unpaired) electrons. The second kappa shape index (κ2) is 5.53. The van der Waals surface area contributed by atoms with Crippen molar-refractivity contribution in [3.8, 4) is 6.07 Å². The molecule has 0 unspecified atom stereocenters. The second-order valence-electron chi connectivity index (χ2n) is 4.35. The molecule has 1 fully saturated rings. The van der Waals surface area contributed by atoms with E-state index in [1.807, 2.05) is 6.07 Å². The van der Waals surface area contributed by atoms with Crippen LogP contribution in [0.1, 0.15) is 32.1 Å². The fraction of sp³-hybridized carbons (Fsp3) is 0.727. The highest BCUT2D eigenvalue weighted by Crippen LogP contribution is 2.30. The number of carboxylic acid groups (broad SMARTS) is 1. The highest BCUT2D eigenvalue weighted by molar-refractivity contribution is 5.86. The van der Waals surface area contributed by atoms with Gasteiger partial charge in [-0.05, 0) is 12.8 Å². The molecular weight excluding hydrogens is 222 g/mol. The van der Waals surface area contributed by atoms with Gasteiger partial charge in [0.25, 0.3) is 0 Å². The molecule has 0 heterocycles. The molecule has 0 aromatic carbocycles. The molecule has 0 aliphatic heterocycles. The van der Waals surface area contributed by atoms with Gasteiger partial charge in [0.05, 0.1) is 12.5 Å². The highest BCUT2D eigenvalue weighted by atomic mass is 16.4. The van der Waals surface area contributed by atoms with Gasteiger partial charge in [0.15, 0.2) is 0 Å². The van der Waals surface area contributed by atoms with E-state index in [-0.39, 0.29) is 6.42 Å². The lowest BCUT2D eigenvalue weighted by molar-refractivity contribution is -0.144. The van der Waals surface area contributed by atoms with Crippen LogP contribution in [0.2, 0.25) is 0 Å². The van der Waals surface area contributed by atoms with Crippen molar-refractivity contribution in [3.63, 3.8) is 0 Å². The Bertz CT molecular complexity index is 342. The van der Waals surface area contributed by atoms with Crippen molar-refractivity contribution >= 4 is 12.0 Å². The molecule has 0 spiro atoms. The van der Waals surface area contributed by atoms with Crippen LogP contribution in [0.15, 0.2) is 0 Å². The van der Waals surface area contributed by atoms with Gasteiger partial charge in [-0.15, -0.1) is 0 Å². The van der Waals surface area contributed by atoms with Crippen LogP contribution >= 0.6 is 0 Å². The number of aliphatic carboxylic acids is 1. The normalized spacial score (nSPS) is 17.2. The molecule has 6 heteroatoms. The van der Waals surface area contributed by atoms with Crippen LogP contribution in [-0.4, -0.2) is 41.1 Å². The maximum atomic E-state index is 11.8. The van der Waals surface area contributed by atoms with Crippen molar-refractivity contribution < 1.29 is 14.7 Å². The molecule has 1 aliphatic rings. The second-order valence-corrected chi connectivity index (χ2v) is 4.35. The molecule has 17 heavy (non-hydrogen) atoms. The topological polar surface area (TPSA) is 93.4 Å². The number of nitriles is 1. The number of amides is 2. The van der Waals surface area contributed by atoms with Crippen molar-refractivity contribution in [2.75, 3.05) is 13.6 Å². The van der Waals surface area contributed by atoms with Gasteiger partial charge < -0.3 is 15.3 Å². The van der Waals surface area contributed by atoms with E-state index in [9.17, 15) is 14.7 Å².